The van der Waals surface area contributed by atoms with Crippen molar-refractivity contribution in [1.29, 1.82) is 0 Å². The molecule has 52 valence electrons. The highest BCUT2D eigenvalue weighted by atomic mass is 28.2. The van der Waals surface area contributed by atoms with Gasteiger partial charge >= 0.3 is 0 Å². The van der Waals surface area contributed by atoms with E-state index in [-0.39, 0.29) is 0 Å². The van der Waals surface area contributed by atoms with Gasteiger partial charge in [-0.25, -0.2) is 0 Å². The second-order valence-corrected chi connectivity index (χ2v) is 2.94. The summed E-state index contributed by atoms with van der Waals surface area (Å²) >= 11 is 0. The van der Waals surface area contributed by atoms with Crippen molar-refractivity contribution in [2.24, 2.45) is 0 Å². The molecule has 0 saturated carbocycles. The molecule has 1 rings (SSSR count). The monoisotopic (exact) mass is 142 g/mol. The maximum atomic E-state index is 5.10. The number of hydrogen-bond acceptors (Lipinski definition) is 1. The molecule has 0 aromatic heterocycles. The molecular weight excluding hydrogens is 128 g/mol. The van der Waals surface area contributed by atoms with E-state index < -0.39 is 0 Å². The summed E-state index contributed by atoms with van der Waals surface area (Å²) in [7, 11) is 0.802. The summed E-state index contributed by atoms with van der Waals surface area (Å²) < 4.78 is 5.10. The predicted octanol–water partition coefficient (Wildman–Crippen LogP) is 2.03. The lowest BCUT2D eigenvalue weighted by Gasteiger charge is -2.06. The van der Waals surface area contributed by atoms with E-state index in [1.54, 1.807) is 6.08 Å². The third-order valence-electron chi connectivity index (χ3n) is 0.877. The van der Waals surface area contributed by atoms with E-state index in [0.29, 0.717) is 0 Å². The van der Waals surface area contributed by atoms with Crippen LogP contribution in [0.25, 0.3) is 0 Å². The molecule has 0 unspecified atom stereocenters. The van der Waals surface area contributed by atoms with Crippen molar-refractivity contribution in [2.45, 2.75) is 25.8 Å². The fourth-order valence-electron chi connectivity index (χ4n) is 0.516. The van der Waals surface area contributed by atoms with Crippen molar-refractivity contribution < 1.29 is 4.43 Å². The summed E-state index contributed by atoms with van der Waals surface area (Å²) in [5, 5.41) is 0. The lowest BCUT2D eigenvalue weighted by atomic mass is 10.4. The molecule has 1 fully saturated rings. The molecule has 0 amide bonds. The van der Waals surface area contributed by atoms with Crippen LogP contribution < -0.4 is 0 Å². The van der Waals surface area contributed by atoms with Gasteiger partial charge in [-0.2, -0.15) is 0 Å². The minimum atomic E-state index is 0.802. The molecular formula is C7H14OSi. The van der Waals surface area contributed by atoms with Gasteiger partial charge in [0.2, 0.25) is 9.76 Å². The van der Waals surface area contributed by atoms with E-state index in [2.05, 4.69) is 6.58 Å². The van der Waals surface area contributed by atoms with Crippen LogP contribution in [0.15, 0.2) is 12.7 Å². The second kappa shape index (κ2) is 7.92. The molecule has 1 nitrogen and oxygen atoms in total. The zero-order chi connectivity index (χ0) is 6.95. The topological polar surface area (TPSA) is 9.23 Å². The Morgan fingerprint density at radius 1 is 1.56 bits per heavy atom. The molecule has 1 heterocycles. The largest absolute Gasteiger partial charge is 0.417 e. The Balaban J connectivity index is 0.000000187. The first kappa shape index (κ1) is 8.92. The van der Waals surface area contributed by atoms with Crippen LogP contribution in [0.5, 0.6) is 0 Å². The fraction of sp³-hybridized carbons (Fsp3) is 0.714. The van der Waals surface area contributed by atoms with Crippen LogP contribution in [0, 0.1) is 0 Å². The van der Waals surface area contributed by atoms with E-state index in [1.165, 1.54) is 18.9 Å². The summed E-state index contributed by atoms with van der Waals surface area (Å²) in [6.45, 7) is 6.26. The van der Waals surface area contributed by atoms with Crippen LogP contribution in [0.2, 0.25) is 6.04 Å². The van der Waals surface area contributed by atoms with Gasteiger partial charge in [0.1, 0.15) is 0 Å². The van der Waals surface area contributed by atoms with Crippen molar-refractivity contribution in [3.8, 4) is 0 Å². The summed E-state index contributed by atoms with van der Waals surface area (Å²) in [6, 6.07) is 1.31. The lowest BCUT2D eigenvalue weighted by Crippen LogP contribution is -2.06. The Labute approximate surface area is 60.1 Å². The van der Waals surface area contributed by atoms with E-state index in [9.17, 15) is 0 Å². The van der Waals surface area contributed by atoms with E-state index in [4.69, 9.17) is 4.43 Å². The lowest BCUT2D eigenvalue weighted by molar-refractivity contribution is 0.304. The standard InChI is InChI=1S/C4H8OSi.C3H6/c1-2-4-6-5-3-1;1-3-2/h1-4H2;3H,1H2,2H3. The van der Waals surface area contributed by atoms with Crippen molar-refractivity contribution >= 4 is 9.76 Å². The predicted molar refractivity (Wildman–Crippen MR) is 41.6 cm³/mol. The maximum absolute atomic E-state index is 5.10. The average Bonchev–Trinajstić information content (AvgIpc) is 1.93. The minimum absolute atomic E-state index is 0.802. The van der Waals surface area contributed by atoms with Gasteiger partial charge in [0, 0.05) is 6.61 Å². The molecule has 0 aromatic carbocycles. The van der Waals surface area contributed by atoms with E-state index in [0.717, 1.165) is 16.4 Å². The van der Waals surface area contributed by atoms with Crippen molar-refractivity contribution in [3.63, 3.8) is 0 Å². The van der Waals surface area contributed by atoms with Crippen LogP contribution in [-0.4, -0.2) is 16.4 Å². The van der Waals surface area contributed by atoms with Crippen molar-refractivity contribution in [3.05, 3.63) is 12.7 Å². The fourth-order valence-corrected chi connectivity index (χ4v) is 1.34. The zero-order valence-electron chi connectivity index (χ0n) is 6.02. The zero-order valence-corrected chi connectivity index (χ0v) is 7.02. The molecule has 0 aromatic rings. The molecule has 0 aliphatic carbocycles. The molecule has 1 aliphatic heterocycles. The summed E-state index contributed by atoms with van der Waals surface area (Å²) in [5.74, 6) is 0. The van der Waals surface area contributed by atoms with Gasteiger partial charge in [-0.1, -0.05) is 12.5 Å². The molecule has 0 N–H and O–H groups in total. The van der Waals surface area contributed by atoms with Gasteiger partial charge < -0.3 is 4.43 Å². The van der Waals surface area contributed by atoms with Gasteiger partial charge in [0.05, 0.1) is 0 Å². The molecule has 1 saturated heterocycles. The Morgan fingerprint density at radius 2 is 2.22 bits per heavy atom. The van der Waals surface area contributed by atoms with E-state index in [1.807, 2.05) is 6.92 Å². The highest BCUT2D eigenvalue weighted by Crippen LogP contribution is 2.01. The molecule has 1 aliphatic rings. The maximum Gasteiger partial charge on any atom is 0.229 e. The Kier molecular flexibility index (Phi) is 7.84. The smallest absolute Gasteiger partial charge is 0.229 e. The molecule has 0 spiro atoms. The molecule has 0 bridgehead atoms. The summed E-state index contributed by atoms with van der Waals surface area (Å²) in [5.41, 5.74) is 0. The Bertz CT molecular complexity index is 48.4. The Hall–Kier alpha value is -0.0831. The first-order valence-electron chi connectivity index (χ1n) is 3.33. The van der Waals surface area contributed by atoms with Crippen LogP contribution in [0.4, 0.5) is 0 Å². The highest BCUT2D eigenvalue weighted by Gasteiger charge is 1.97. The van der Waals surface area contributed by atoms with Crippen LogP contribution >= 0.6 is 0 Å². The summed E-state index contributed by atoms with van der Waals surface area (Å²) in [6.07, 6.45) is 4.42. The van der Waals surface area contributed by atoms with Crippen LogP contribution in [0.1, 0.15) is 19.8 Å². The van der Waals surface area contributed by atoms with Gasteiger partial charge in [-0.05, 0) is 19.4 Å². The van der Waals surface area contributed by atoms with Crippen LogP contribution in [0.3, 0.4) is 0 Å². The molecule has 2 heteroatoms. The normalized spacial score (nSPS) is 17.4. The average molecular weight is 142 g/mol. The van der Waals surface area contributed by atoms with E-state index >= 15 is 0 Å². The molecule has 9 heavy (non-hydrogen) atoms. The highest BCUT2D eigenvalue weighted by molar-refractivity contribution is 6.27. The van der Waals surface area contributed by atoms with Gasteiger partial charge in [-0.3, -0.25) is 0 Å². The third-order valence-corrected chi connectivity index (χ3v) is 1.84. The molecule has 0 atom stereocenters. The SMILES string of the molecule is C1CC[Si]OC1.C=CC. The number of allylic oxidation sites excluding steroid dienone is 1. The first-order valence-corrected chi connectivity index (χ1v) is 4.45. The number of hydrogen-bond donors (Lipinski definition) is 0. The van der Waals surface area contributed by atoms with Gasteiger partial charge in [0.15, 0.2) is 0 Å². The second-order valence-electron chi connectivity index (χ2n) is 1.86. The van der Waals surface area contributed by atoms with Gasteiger partial charge in [0.25, 0.3) is 0 Å². The van der Waals surface area contributed by atoms with Crippen molar-refractivity contribution in [1.82, 2.24) is 0 Å². The Morgan fingerprint density at radius 3 is 2.33 bits per heavy atom. The quantitative estimate of drug-likeness (QED) is 0.371. The van der Waals surface area contributed by atoms with Gasteiger partial charge in [-0.15, -0.1) is 6.58 Å². The first-order chi connectivity index (χ1) is 4.41. The van der Waals surface area contributed by atoms with Crippen molar-refractivity contribution in [2.75, 3.05) is 6.61 Å². The molecule has 2 radical (unpaired) electrons. The minimum Gasteiger partial charge on any atom is -0.417 e. The third kappa shape index (κ3) is 7.92. The number of rotatable bonds is 0. The van der Waals surface area contributed by atoms with Crippen LogP contribution in [-0.2, 0) is 4.43 Å². The summed E-state index contributed by atoms with van der Waals surface area (Å²) in [4.78, 5) is 0.